The van der Waals surface area contributed by atoms with Crippen molar-refractivity contribution < 1.29 is 4.74 Å². The van der Waals surface area contributed by atoms with Crippen molar-refractivity contribution in [2.75, 3.05) is 65.4 Å². The highest BCUT2D eigenvalue weighted by molar-refractivity contribution is 14.0. The van der Waals surface area contributed by atoms with Gasteiger partial charge in [-0.15, -0.1) is 24.0 Å². The van der Waals surface area contributed by atoms with Crippen LogP contribution in [0.3, 0.4) is 0 Å². The Morgan fingerprint density at radius 3 is 2.60 bits per heavy atom. The summed E-state index contributed by atoms with van der Waals surface area (Å²) in [6.45, 7) is 6.78. The van der Waals surface area contributed by atoms with E-state index in [4.69, 9.17) is 4.74 Å². The van der Waals surface area contributed by atoms with Gasteiger partial charge in [0.05, 0.1) is 0 Å². The maximum atomic E-state index is 5.35. The molecule has 7 nitrogen and oxygen atoms in total. The number of likely N-dealkylation sites (N-methyl/N-ethyl adjacent to an activating group) is 1. The number of anilines is 1. The van der Waals surface area contributed by atoms with E-state index in [-0.39, 0.29) is 24.0 Å². The molecular formula is C22H39IN6O. The van der Waals surface area contributed by atoms with E-state index in [1.54, 1.807) is 7.11 Å². The van der Waals surface area contributed by atoms with Crippen LogP contribution < -0.4 is 15.5 Å². The number of hydrogen-bond acceptors (Lipinski definition) is 5. The Morgan fingerprint density at radius 1 is 1.20 bits per heavy atom. The summed E-state index contributed by atoms with van der Waals surface area (Å²) < 4.78 is 5.35. The quantitative estimate of drug-likeness (QED) is 0.306. The van der Waals surface area contributed by atoms with Crippen LogP contribution in [0.5, 0.6) is 0 Å². The summed E-state index contributed by atoms with van der Waals surface area (Å²) in [5.41, 5.74) is 1.57. The van der Waals surface area contributed by atoms with Gasteiger partial charge in [0.1, 0.15) is 5.82 Å². The molecule has 3 rings (SSSR count). The van der Waals surface area contributed by atoms with Crippen molar-refractivity contribution in [1.29, 1.82) is 0 Å². The molecule has 0 bridgehead atoms. The van der Waals surface area contributed by atoms with Gasteiger partial charge in [0.15, 0.2) is 5.96 Å². The molecule has 0 spiro atoms. The van der Waals surface area contributed by atoms with E-state index in [9.17, 15) is 0 Å². The molecule has 0 radical (unpaired) electrons. The lowest BCUT2D eigenvalue weighted by Gasteiger charge is -2.33. The molecule has 1 saturated heterocycles. The van der Waals surface area contributed by atoms with Gasteiger partial charge < -0.3 is 25.2 Å². The summed E-state index contributed by atoms with van der Waals surface area (Å²) in [5.74, 6) is 1.94. The molecule has 1 aliphatic heterocycles. The number of halogens is 1. The van der Waals surface area contributed by atoms with Gasteiger partial charge in [-0.3, -0.25) is 4.99 Å². The summed E-state index contributed by atoms with van der Waals surface area (Å²) >= 11 is 0. The Balaban J connectivity index is 0.00000320. The first-order valence-electron chi connectivity index (χ1n) is 11.0. The maximum absolute atomic E-state index is 5.35. The molecule has 0 amide bonds. The van der Waals surface area contributed by atoms with E-state index < -0.39 is 0 Å². The molecule has 2 aliphatic rings. The summed E-state index contributed by atoms with van der Waals surface area (Å²) in [4.78, 5) is 13.7. The van der Waals surface area contributed by atoms with E-state index in [0.29, 0.717) is 5.41 Å². The monoisotopic (exact) mass is 530 g/mol. The topological polar surface area (TPSA) is 65.0 Å². The number of aromatic nitrogens is 1. The second-order valence-electron chi connectivity index (χ2n) is 8.54. The molecule has 30 heavy (non-hydrogen) atoms. The molecule has 2 N–H and O–H groups in total. The van der Waals surface area contributed by atoms with Gasteiger partial charge in [0, 0.05) is 66.2 Å². The van der Waals surface area contributed by atoms with E-state index in [1.807, 2.05) is 13.2 Å². The van der Waals surface area contributed by atoms with Gasteiger partial charge >= 0.3 is 0 Å². The van der Waals surface area contributed by atoms with Crippen molar-refractivity contribution in [3.05, 3.63) is 23.9 Å². The van der Waals surface area contributed by atoms with Crippen LogP contribution in [0.15, 0.2) is 23.3 Å². The Labute approximate surface area is 199 Å². The smallest absolute Gasteiger partial charge is 0.191 e. The molecule has 0 unspecified atom stereocenters. The standard InChI is InChI=1S/C22H38N6O.HI/c1-23-21(26-18-22(9-15-29-3)7-4-5-8-22)25-17-19-6-10-24-20(16-19)28-13-11-27(2)12-14-28;/h6,10,16H,4-5,7-9,11-15,17-18H2,1-3H3,(H2,23,25,26);1H. The van der Waals surface area contributed by atoms with Crippen molar-refractivity contribution in [3.63, 3.8) is 0 Å². The summed E-state index contributed by atoms with van der Waals surface area (Å²) in [7, 11) is 5.81. The van der Waals surface area contributed by atoms with E-state index in [0.717, 1.165) is 64.1 Å². The van der Waals surface area contributed by atoms with Crippen LogP contribution in [0.4, 0.5) is 5.82 Å². The molecule has 8 heteroatoms. The molecule has 2 heterocycles. The Morgan fingerprint density at radius 2 is 1.93 bits per heavy atom. The van der Waals surface area contributed by atoms with Crippen molar-refractivity contribution >= 4 is 35.8 Å². The number of nitrogens with zero attached hydrogens (tertiary/aromatic N) is 4. The minimum absolute atomic E-state index is 0. The first-order valence-corrected chi connectivity index (χ1v) is 11.0. The zero-order valence-electron chi connectivity index (χ0n) is 18.8. The second kappa shape index (κ2) is 12.7. The highest BCUT2D eigenvalue weighted by Crippen LogP contribution is 2.40. The number of methoxy groups -OCH3 is 1. The minimum Gasteiger partial charge on any atom is -0.385 e. The zero-order chi connectivity index (χ0) is 20.5. The fourth-order valence-electron chi connectivity index (χ4n) is 4.42. The number of guanidine groups is 1. The molecule has 1 aliphatic carbocycles. The number of ether oxygens (including phenoxy) is 1. The highest BCUT2D eigenvalue weighted by Gasteiger charge is 2.33. The van der Waals surface area contributed by atoms with Gasteiger partial charge in [0.25, 0.3) is 0 Å². The molecule has 170 valence electrons. The first-order chi connectivity index (χ1) is 14.1. The molecule has 1 saturated carbocycles. The summed E-state index contributed by atoms with van der Waals surface area (Å²) in [5, 5.41) is 7.04. The molecule has 0 atom stereocenters. The van der Waals surface area contributed by atoms with Crippen LogP contribution in [0, 0.1) is 5.41 Å². The Hall–Kier alpha value is -1.13. The van der Waals surface area contributed by atoms with Gasteiger partial charge in [-0.2, -0.15) is 0 Å². The van der Waals surface area contributed by atoms with Crippen molar-refractivity contribution in [2.24, 2.45) is 10.4 Å². The predicted octanol–water partition coefficient (Wildman–Crippen LogP) is 2.71. The van der Waals surface area contributed by atoms with Gasteiger partial charge in [0.2, 0.25) is 0 Å². The maximum Gasteiger partial charge on any atom is 0.191 e. The summed E-state index contributed by atoms with van der Waals surface area (Å²) in [6, 6.07) is 4.28. The van der Waals surface area contributed by atoms with Crippen molar-refractivity contribution in [2.45, 2.75) is 38.6 Å². The van der Waals surface area contributed by atoms with E-state index in [1.165, 1.54) is 31.2 Å². The molecule has 2 fully saturated rings. The molecule has 0 aromatic carbocycles. The Kier molecular flexibility index (Phi) is 10.6. The van der Waals surface area contributed by atoms with Crippen LogP contribution in [-0.2, 0) is 11.3 Å². The lowest BCUT2D eigenvalue weighted by Crippen LogP contribution is -2.45. The highest BCUT2D eigenvalue weighted by atomic mass is 127. The van der Waals surface area contributed by atoms with Crippen molar-refractivity contribution in [3.8, 4) is 0 Å². The minimum atomic E-state index is 0. The van der Waals surface area contributed by atoms with Gasteiger partial charge in [-0.1, -0.05) is 12.8 Å². The third-order valence-corrected chi connectivity index (χ3v) is 6.45. The Bertz CT molecular complexity index is 657. The first kappa shape index (κ1) is 25.1. The fraction of sp³-hybridized carbons (Fsp3) is 0.727. The number of piperazine rings is 1. The fourth-order valence-corrected chi connectivity index (χ4v) is 4.42. The van der Waals surface area contributed by atoms with Crippen molar-refractivity contribution in [1.82, 2.24) is 20.5 Å². The van der Waals surface area contributed by atoms with Gasteiger partial charge in [-0.25, -0.2) is 4.98 Å². The average molecular weight is 530 g/mol. The van der Waals surface area contributed by atoms with Crippen LogP contribution in [0.2, 0.25) is 0 Å². The lowest BCUT2D eigenvalue weighted by molar-refractivity contribution is 0.138. The summed E-state index contributed by atoms with van der Waals surface area (Å²) in [6.07, 6.45) is 8.23. The molecule has 1 aromatic rings. The third-order valence-electron chi connectivity index (χ3n) is 6.45. The SMILES string of the molecule is CN=C(NCc1ccnc(N2CCN(C)CC2)c1)NCC1(CCOC)CCCC1.I. The molecular weight excluding hydrogens is 491 g/mol. The molecule has 1 aromatic heterocycles. The zero-order valence-corrected chi connectivity index (χ0v) is 21.2. The predicted molar refractivity (Wildman–Crippen MR) is 135 cm³/mol. The normalized spacial score (nSPS) is 19.4. The number of rotatable bonds is 8. The van der Waals surface area contributed by atoms with E-state index in [2.05, 4.69) is 49.6 Å². The number of hydrogen-bond donors (Lipinski definition) is 2. The van der Waals surface area contributed by atoms with Crippen LogP contribution in [0.25, 0.3) is 0 Å². The lowest BCUT2D eigenvalue weighted by atomic mass is 9.83. The largest absolute Gasteiger partial charge is 0.385 e. The second-order valence-corrected chi connectivity index (χ2v) is 8.54. The average Bonchev–Trinajstić information content (AvgIpc) is 3.22. The van der Waals surface area contributed by atoms with Crippen LogP contribution >= 0.6 is 24.0 Å². The van der Waals surface area contributed by atoms with Gasteiger partial charge in [-0.05, 0) is 49.4 Å². The number of pyridine rings is 1. The third kappa shape index (κ3) is 7.23. The number of nitrogens with one attached hydrogen (secondary N) is 2. The van der Waals surface area contributed by atoms with E-state index >= 15 is 0 Å². The van der Waals surface area contributed by atoms with Crippen LogP contribution in [0.1, 0.15) is 37.7 Å². The number of aliphatic imine (C=N–C) groups is 1. The van der Waals surface area contributed by atoms with Crippen LogP contribution in [-0.4, -0.2) is 76.4 Å².